The molecule has 2 saturated heterocycles. The highest BCUT2D eigenvalue weighted by Crippen LogP contribution is 2.39. The summed E-state index contributed by atoms with van der Waals surface area (Å²) in [7, 11) is 0. The lowest BCUT2D eigenvalue weighted by atomic mass is 9.99. The smallest absolute Gasteiger partial charge is 0.0867 e. The summed E-state index contributed by atoms with van der Waals surface area (Å²) in [5.41, 5.74) is 0. The van der Waals surface area contributed by atoms with Crippen molar-refractivity contribution in [3.8, 4) is 12.3 Å². The van der Waals surface area contributed by atoms with E-state index in [2.05, 4.69) is 28.8 Å². The Labute approximate surface area is 129 Å². The van der Waals surface area contributed by atoms with Crippen molar-refractivity contribution in [1.82, 2.24) is 0 Å². The van der Waals surface area contributed by atoms with Crippen molar-refractivity contribution < 1.29 is 9.47 Å². The third kappa shape index (κ3) is 4.23. The largest absolute Gasteiger partial charge is 0.372 e. The van der Waals surface area contributed by atoms with E-state index in [1.807, 2.05) is 6.08 Å². The maximum absolute atomic E-state index is 6.47. The SMILES string of the molecule is C#C/C=C/C[C@@H]1OC([C@H](Br)CC)C[C@H]2O[C@H]2C[C@@H]1Cl. The number of terminal acetylenes is 1. The molecular weight excluding hydrogens is 328 g/mol. The number of hydrogen-bond acceptors (Lipinski definition) is 2. The van der Waals surface area contributed by atoms with Crippen LogP contribution in [0.25, 0.3) is 0 Å². The zero-order valence-electron chi connectivity index (χ0n) is 11.1. The molecule has 19 heavy (non-hydrogen) atoms. The van der Waals surface area contributed by atoms with Crippen LogP contribution in [0.4, 0.5) is 0 Å². The van der Waals surface area contributed by atoms with Gasteiger partial charge in [0, 0.05) is 11.2 Å². The third-order valence-electron chi connectivity index (χ3n) is 3.74. The molecule has 106 valence electrons. The molecule has 2 nitrogen and oxygen atoms in total. The first-order valence-electron chi connectivity index (χ1n) is 6.85. The number of epoxide rings is 1. The second-order valence-corrected chi connectivity index (χ2v) is 6.88. The van der Waals surface area contributed by atoms with Gasteiger partial charge in [0.1, 0.15) is 0 Å². The van der Waals surface area contributed by atoms with Crippen molar-refractivity contribution >= 4 is 27.5 Å². The minimum Gasteiger partial charge on any atom is -0.372 e. The van der Waals surface area contributed by atoms with Crippen LogP contribution in [0.2, 0.25) is 0 Å². The van der Waals surface area contributed by atoms with Gasteiger partial charge in [0.25, 0.3) is 0 Å². The first-order valence-corrected chi connectivity index (χ1v) is 8.21. The number of alkyl halides is 2. The summed E-state index contributed by atoms with van der Waals surface area (Å²) in [5, 5.41) is -0.0169. The van der Waals surface area contributed by atoms with E-state index in [0.29, 0.717) is 17.0 Å². The molecule has 0 N–H and O–H groups in total. The molecule has 0 spiro atoms. The normalized spacial score (nSPS) is 40.0. The molecule has 4 heteroatoms. The van der Waals surface area contributed by atoms with Crippen LogP contribution in [0, 0.1) is 12.3 Å². The first-order chi connectivity index (χ1) is 9.15. The Bertz CT molecular complexity index is 366. The van der Waals surface area contributed by atoms with Crippen molar-refractivity contribution in [2.75, 3.05) is 0 Å². The van der Waals surface area contributed by atoms with Crippen LogP contribution < -0.4 is 0 Å². The number of allylic oxidation sites excluding steroid dienone is 1. The van der Waals surface area contributed by atoms with E-state index in [1.54, 1.807) is 6.08 Å². The number of ether oxygens (including phenoxy) is 2. The molecule has 2 heterocycles. The average molecular weight is 348 g/mol. The van der Waals surface area contributed by atoms with E-state index >= 15 is 0 Å². The molecule has 6 atom stereocenters. The van der Waals surface area contributed by atoms with Gasteiger partial charge in [0.15, 0.2) is 0 Å². The Morgan fingerprint density at radius 1 is 1.42 bits per heavy atom. The lowest BCUT2D eigenvalue weighted by Crippen LogP contribution is -2.37. The predicted molar refractivity (Wildman–Crippen MR) is 81.8 cm³/mol. The fraction of sp³-hybridized carbons (Fsp3) is 0.733. The molecule has 0 saturated carbocycles. The van der Waals surface area contributed by atoms with Crippen molar-refractivity contribution in [3.63, 3.8) is 0 Å². The average Bonchev–Trinajstić information content (AvgIpc) is 3.11. The Morgan fingerprint density at radius 2 is 2.16 bits per heavy atom. The summed E-state index contributed by atoms with van der Waals surface area (Å²) >= 11 is 10.2. The number of fused-ring (bicyclic) bond motifs is 1. The Balaban J connectivity index is 2.01. The summed E-state index contributed by atoms with van der Waals surface area (Å²) in [6.07, 6.45) is 13.3. The Hall–Kier alpha value is -0.0100. The van der Waals surface area contributed by atoms with Gasteiger partial charge >= 0.3 is 0 Å². The molecule has 0 aromatic carbocycles. The highest BCUT2D eigenvalue weighted by atomic mass is 79.9. The summed E-state index contributed by atoms with van der Waals surface area (Å²) in [6.45, 7) is 2.15. The van der Waals surface area contributed by atoms with E-state index in [1.165, 1.54) is 0 Å². The fourth-order valence-corrected chi connectivity index (χ4v) is 3.21. The van der Waals surface area contributed by atoms with Crippen molar-refractivity contribution in [3.05, 3.63) is 12.2 Å². The molecule has 0 aromatic heterocycles. The second kappa shape index (κ2) is 7.13. The molecule has 0 amide bonds. The molecule has 0 radical (unpaired) electrons. The molecular formula is C15H20BrClO2. The topological polar surface area (TPSA) is 21.8 Å². The van der Waals surface area contributed by atoms with E-state index in [4.69, 9.17) is 27.5 Å². The van der Waals surface area contributed by atoms with Crippen LogP contribution in [-0.4, -0.2) is 34.6 Å². The van der Waals surface area contributed by atoms with Gasteiger partial charge in [0.05, 0.1) is 29.8 Å². The molecule has 0 aromatic rings. The second-order valence-electron chi connectivity index (χ2n) is 5.14. The molecule has 1 unspecified atom stereocenters. The van der Waals surface area contributed by atoms with Crippen LogP contribution in [0.1, 0.15) is 32.6 Å². The summed E-state index contributed by atoms with van der Waals surface area (Å²) in [6, 6.07) is 0. The summed E-state index contributed by atoms with van der Waals surface area (Å²) < 4.78 is 11.9. The third-order valence-corrected chi connectivity index (χ3v) is 5.43. The molecule has 2 aliphatic rings. The van der Waals surface area contributed by atoms with E-state index in [0.717, 1.165) is 25.7 Å². The molecule has 2 aliphatic heterocycles. The number of hydrogen-bond donors (Lipinski definition) is 0. The van der Waals surface area contributed by atoms with Crippen LogP contribution in [0.5, 0.6) is 0 Å². The lowest BCUT2D eigenvalue weighted by molar-refractivity contribution is -0.0224. The van der Waals surface area contributed by atoms with Crippen molar-refractivity contribution in [2.24, 2.45) is 0 Å². The van der Waals surface area contributed by atoms with Crippen molar-refractivity contribution in [2.45, 2.75) is 67.2 Å². The summed E-state index contributed by atoms with van der Waals surface area (Å²) in [4.78, 5) is 0.346. The number of halogens is 2. The predicted octanol–water partition coefficient (Wildman–Crippen LogP) is 3.66. The van der Waals surface area contributed by atoms with Gasteiger partial charge in [0.2, 0.25) is 0 Å². The summed E-state index contributed by atoms with van der Waals surface area (Å²) in [5.74, 6) is 2.50. The zero-order valence-corrected chi connectivity index (χ0v) is 13.4. The number of rotatable bonds is 4. The molecule has 0 aliphatic carbocycles. The van der Waals surface area contributed by atoms with Gasteiger partial charge in [-0.15, -0.1) is 18.0 Å². The van der Waals surface area contributed by atoms with Crippen LogP contribution in [0.3, 0.4) is 0 Å². The maximum Gasteiger partial charge on any atom is 0.0867 e. The standard InChI is InChI=1S/C15H20BrClO2/c1-3-5-6-7-12-11(17)8-14-15(19-14)9-13(18-12)10(16)4-2/h1,5-6,10-15H,4,7-9H2,2H3/b6-5+/t10-,11+,12+,13?,14+,15-/m1/s1. The van der Waals surface area contributed by atoms with Gasteiger partial charge in [-0.25, -0.2) is 0 Å². The first kappa shape index (κ1) is 15.4. The highest BCUT2D eigenvalue weighted by Gasteiger charge is 2.46. The van der Waals surface area contributed by atoms with Crippen LogP contribution in [0.15, 0.2) is 12.2 Å². The van der Waals surface area contributed by atoms with Gasteiger partial charge in [-0.3, -0.25) is 0 Å². The minimum absolute atomic E-state index is 0.00742. The van der Waals surface area contributed by atoms with Crippen molar-refractivity contribution in [1.29, 1.82) is 0 Å². The van der Waals surface area contributed by atoms with E-state index in [-0.39, 0.29) is 17.6 Å². The molecule has 2 fully saturated rings. The van der Waals surface area contributed by atoms with E-state index in [9.17, 15) is 0 Å². The molecule has 0 bridgehead atoms. The highest BCUT2D eigenvalue weighted by molar-refractivity contribution is 9.09. The van der Waals surface area contributed by atoms with Crippen LogP contribution >= 0.6 is 27.5 Å². The van der Waals surface area contributed by atoms with Gasteiger partial charge < -0.3 is 9.47 Å². The Kier molecular flexibility index (Phi) is 5.77. The fourth-order valence-electron chi connectivity index (χ4n) is 2.53. The van der Waals surface area contributed by atoms with Gasteiger partial charge in [-0.05, 0) is 25.3 Å². The zero-order chi connectivity index (χ0) is 13.8. The monoisotopic (exact) mass is 346 g/mol. The maximum atomic E-state index is 6.47. The van der Waals surface area contributed by atoms with Gasteiger partial charge in [-0.2, -0.15) is 0 Å². The van der Waals surface area contributed by atoms with Gasteiger partial charge in [-0.1, -0.05) is 34.9 Å². The van der Waals surface area contributed by atoms with E-state index < -0.39 is 0 Å². The minimum atomic E-state index is -0.0169. The Morgan fingerprint density at radius 3 is 2.84 bits per heavy atom. The van der Waals surface area contributed by atoms with Crippen LogP contribution in [-0.2, 0) is 9.47 Å². The molecule has 2 rings (SSSR count). The lowest BCUT2D eigenvalue weighted by Gasteiger charge is -2.31. The quantitative estimate of drug-likeness (QED) is 0.440.